The SMILES string of the molecule is COc1cc(Cl)c(C(=O)N(C)C(=O)N(C)Cc2ccccc2)c([N+](=O)[O-])c1O. The van der Waals surface area contributed by atoms with Crippen molar-refractivity contribution < 1.29 is 24.4 Å². The number of nitro groups is 1. The monoisotopic (exact) mass is 407 g/mol. The van der Waals surface area contributed by atoms with Gasteiger partial charge in [-0.05, 0) is 5.56 Å². The van der Waals surface area contributed by atoms with Gasteiger partial charge in [-0.3, -0.25) is 19.8 Å². The number of nitrogens with zero attached hydrogens (tertiary/aromatic N) is 3. The quantitative estimate of drug-likeness (QED) is 0.601. The molecule has 0 aliphatic rings. The van der Waals surface area contributed by atoms with E-state index in [1.807, 2.05) is 30.3 Å². The smallest absolute Gasteiger partial charge is 0.328 e. The fourth-order valence-corrected chi connectivity index (χ4v) is 2.85. The summed E-state index contributed by atoms with van der Waals surface area (Å²) in [4.78, 5) is 37.8. The number of aromatic hydroxyl groups is 1. The van der Waals surface area contributed by atoms with Gasteiger partial charge in [-0.1, -0.05) is 41.9 Å². The minimum Gasteiger partial charge on any atom is -0.499 e. The van der Waals surface area contributed by atoms with Crippen LogP contribution >= 0.6 is 11.6 Å². The van der Waals surface area contributed by atoms with Crippen LogP contribution in [0.1, 0.15) is 15.9 Å². The van der Waals surface area contributed by atoms with Crippen molar-refractivity contribution in [2.45, 2.75) is 6.54 Å². The highest BCUT2D eigenvalue weighted by atomic mass is 35.5. The van der Waals surface area contributed by atoms with Crippen LogP contribution in [-0.4, -0.2) is 53.0 Å². The molecule has 0 aromatic heterocycles. The van der Waals surface area contributed by atoms with Crippen LogP contribution in [0.25, 0.3) is 0 Å². The highest BCUT2D eigenvalue weighted by molar-refractivity contribution is 6.35. The number of imide groups is 1. The molecular formula is C18H18ClN3O6. The molecule has 0 unspecified atom stereocenters. The third-order valence-electron chi connectivity index (χ3n) is 3.99. The summed E-state index contributed by atoms with van der Waals surface area (Å²) in [6.07, 6.45) is 0. The van der Waals surface area contributed by atoms with Crippen LogP contribution in [-0.2, 0) is 6.54 Å². The topological polar surface area (TPSA) is 113 Å². The third-order valence-corrected chi connectivity index (χ3v) is 4.29. The van der Waals surface area contributed by atoms with Gasteiger partial charge in [0.15, 0.2) is 5.75 Å². The normalized spacial score (nSPS) is 10.3. The summed E-state index contributed by atoms with van der Waals surface area (Å²) in [7, 11) is 3.85. The molecule has 0 radical (unpaired) electrons. The number of phenolic OH excluding ortho intramolecular Hbond substituents is 1. The zero-order chi connectivity index (χ0) is 21.0. The number of nitro benzene ring substituents is 1. The molecule has 0 aliphatic carbocycles. The Balaban J connectivity index is 2.35. The Bertz CT molecular complexity index is 919. The van der Waals surface area contributed by atoms with Crippen LogP contribution in [0.4, 0.5) is 10.5 Å². The average molecular weight is 408 g/mol. The summed E-state index contributed by atoms with van der Waals surface area (Å²) >= 11 is 6.01. The summed E-state index contributed by atoms with van der Waals surface area (Å²) in [5.41, 5.74) is -0.695. The van der Waals surface area contributed by atoms with Gasteiger partial charge in [0.1, 0.15) is 5.56 Å². The number of urea groups is 1. The summed E-state index contributed by atoms with van der Waals surface area (Å²) < 4.78 is 4.82. The molecule has 148 valence electrons. The van der Waals surface area contributed by atoms with Gasteiger partial charge in [0.05, 0.1) is 17.1 Å². The molecule has 3 amide bonds. The molecule has 0 spiro atoms. The van der Waals surface area contributed by atoms with E-state index < -0.39 is 33.9 Å². The second-order valence-corrected chi connectivity index (χ2v) is 6.29. The first-order chi connectivity index (χ1) is 13.2. The van der Waals surface area contributed by atoms with Crippen molar-refractivity contribution in [3.63, 3.8) is 0 Å². The average Bonchev–Trinajstić information content (AvgIpc) is 2.67. The number of phenols is 1. The molecule has 9 nitrogen and oxygen atoms in total. The van der Waals surface area contributed by atoms with Crippen molar-refractivity contribution in [1.82, 2.24) is 9.80 Å². The van der Waals surface area contributed by atoms with Crippen LogP contribution in [0.3, 0.4) is 0 Å². The van der Waals surface area contributed by atoms with E-state index in [1.54, 1.807) is 0 Å². The molecule has 0 atom stereocenters. The van der Waals surface area contributed by atoms with Gasteiger partial charge < -0.3 is 14.7 Å². The minimum atomic E-state index is -1.03. The molecule has 0 heterocycles. The number of hydrogen-bond acceptors (Lipinski definition) is 6. The van der Waals surface area contributed by atoms with Crippen molar-refractivity contribution >= 4 is 29.2 Å². The Morgan fingerprint density at radius 1 is 1.25 bits per heavy atom. The number of carbonyl (C=O) groups excluding carboxylic acids is 2. The first kappa shape index (κ1) is 21.0. The highest BCUT2D eigenvalue weighted by Gasteiger charge is 2.35. The number of carbonyl (C=O) groups is 2. The molecule has 0 fully saturated rings. The van der Waals surface area contributed by atoms with Crippen LogP contribution in [0.15, 0.2) is 36.4 Å². The number of ether oxygens (including phenoxy) is 1. The van der Waals surface area contributed by atoms with Gasteiger partial charge in [0.25, 0.3) is 5.91 Å². The lowest BCUT2D eigenvalue weighted by Gasteiger charge is -2.24. The lowest BCUT2D eigenvalue weighted by atomic mass is 10.1. The van der Waals surface area contributed by atoms with Crippen molar-refractivity contribution in [2.24, 2.45) is 0 Å². The Hall–Kier alpha value is -3.33. The molecular weight excluding hydrogens is 390 g/mol. The number of amides is 3. The Kier molecular flexibility index (Phi) is 6.42. The maximum Gasteiger partial charge on any atom is 0.328 e. The van der Waals surface area contributed by atoms with Crippen molar-refractivity contribution in [1.29, 1.82) is 0 Å². The lowest BCUT2D eigenvalue weighted by Crippen LogP contribution is -2.42. The Morgan fingerprint density at radius 3 is 2.39 bits per heavy atom. The van der Waals surface area contributed by atoms with Gasteiger partial charge >= 0.3 is 11.7 Å². The largest absolute Gasteiger partial charge is 0.499 e. The first-order valence-corrected chi connectivity index (χ1v) is 8.37. The number of hydrogen-bond donors (Lipinski definition) is 1. The van der Waals surface area contributed by atoms with E-state index in [9.17, 15) is 24.8 Å². The van der Waals surface area contributed by atoms with E-state index in [0.717, 1.165) is 11.6 Å². The van der Waals surface area contributed by atoms with Gasteiger partial charge in [0, 0.05) is 26.7 Å². The number of benzene rings is 2. The number of halogens is 1. The van der Waals surface area contributed by atoms with E-state index >= 15 is 0 Å². The molecule has 2 aromatic carbocycles. The lowest BCUT2D eigenvalue weighted by molar-refractivity contribution is -0.386. The van der Waals surface area contributed by atoms with E-state index in [-0.39, 0.29) is 17.3 Å². The van der Waals surface area contributed by atoms with Gasteiger partial charge in [-0.2, -0.15) is 0 Å². The second kappa shape index (κ2) is 8.57. The van der Waals surface area contributed by atoms with Gasteiger partial charge in [0.2, 0.25) is 5.75 Å². The fraction of sp³-hybridized carbons (Fsp3) is 0.222. The van der Waals surface area contributed by atoms with Crippen molar-refractivity contribution in [2.75, 3.05) is 21.2 Å². The Morgan fingerprint density at radius 2 is 1.86 bits per heavy atom. The standard InChI is InChI=1S/C18H18ClN3O6/c1-20(10-11-7-5-4-6-8-11)18(25)21(2)17(24)14-12(19)9-13(28-3)16(23)15(14)22(26)27/h4-9,23H,10H2,1-3H3. The van der Waals surface area contributed by atoms with Crippen molar-refractivity contribution in [3.8, 4) is 11.5 Å². The van der Waals surface area contributed by atoms with Crippen LogP contribution in [0, 0.1) is 10.1 Å². The summed E-state index contributed by atoms with van der Waals surface area (Å²) in [5, 5.41) is 21.1. The van der Waals surface area contributed by atoms with E-state index in [0.29, 0.717) is 4.90 Å². The number of methoxy groups -OCH3 is 1. The molecule has 0 aliphatic heterocycles. The molecule has 0 saturated carbocycles. The molecule has 2 rings (SSSR count). The fourth-order valence-electron chi connectivity index (χ4n) is 2.58. The number of rotatable bonds is 5. The van der Waals surface area contributed by atoms with E-state index in [4.69, 9.17) is 16.3 Å². The predicted octanol–water partition coefficient (Wildman–Crippen LogP) is 3.29. The molecule has 2 aromatic rings. The molecule has 0 bridgehead atoms. The second-order valence-electron chi connectivity index (χ2n) is 5.88. The molecule has 0 saturated heterocycles. The van der Waals surface area contributed by atoms with Crippen LogP contribution < -0.4 is 4.74 Å². The Labute approximate surface area is 165 Å². The van der Waals surface area contributed by atoms with Crippen LogP contribution in [0.2, 0.25) is 5.02 Å². The minimum absolute atomic E-state index is 0.223. The summed E-state index contributed by atoms with van der Waals surface area (Å²) in [6, 6.07) is 9.46. The summed E-state index contributed by atoms with van der Waals surface area (Å²) in [6.45, 7) is 0.223. The zero-order valence-electron chi connectivity index (χ0n) is 15.4. The summed E-state index contributed by atoms with van der Waals surface area (Å²) in [5.74, 6) is -2.14. The van der Waals surface area contributed by atoms with Crippen LogP contribution in [0.5, 0.6) is 11.5 Å². The predicted molar refractivity (Wildman–Crippen MR) is 102 cm³/mol. The highest BCUT2D eigenvalue weighted by Crippen LogP contribution is 2.43. The third kappa shape index (κ3) is 4.15. The maximum absolute atomic E-state index is 12.8. The maximum atomic E-state index is 12.8. The molecule has 10 heteroatoms. The van der Waals surface area contributed by atoms with Gasteiger partial charge in [-0.15, -0.1) is 0 Å². The van der Waals surface area contributed by atoms with E-state index in [2.05, 4.69) is 0 Å². The zero-order valence-corrected chi connectivity index (χ0v) is 16.1. The van der Waals surface area contributed by atoms with Gasteiger partial charge in [-0.25, -0.2) is 4.79 Å². The molecule has 1 N–H and O–H groups in total. The first-order valence-electron chi connectivity index (χ1n) is 8.00. The van der Waals surface area contributed by atoms with Crippen molar-refractivity contribution in [3.05, 3.63) is 62.7 Å². The van der Waals surface area contributed by atoms with E-state index in [1.165, 1.54) is 26.1 Å². The molecule has 28 heavy (non-hydrogen) atoms.